The number of aliphatic hydroxyl groups excluding tert-OH is 1. The number of nitrogens with one attached hydrogen (secondary N) is 1. The van der Waals surface area contributed by atoms with E-state index in [1.807, 2.05) is 0 Å². The average Bonchev–Trinajstić information content (AvgIpc) is 2.09. The molecule has 0 aliphatic heterocycles. The van der Waals surface area contributed by atoms with Crippen molar-refractivity contribution < 1.29 is 29.4 Å². The molecule has 0 radical (unpaired) electrons. The van der Waals surface area contributed by atoms with Gasteiger partial charge in [-0.05, 0) is 6.42 Å². The SMILES string of the molecule is C=CC(NC(CCO)C(=O)O)P(=O)(O)O. The van der Waals surface area contributed by atoms with Crippen LogP contribution in [0.25, 0.3) is 0 Å². The lowest BCUT2D eigenvalue weighted by molar-refractivity contribution is -0.139. The molecule has 2 unspecified atom stereocenters. The Bertz CT molecular complexity index is 275. The molecule has 0 fully saturated rings. The highest BCUT2D eigenvalue weighted by Crippen LogP contribution is 2.40. The molecular weight excluding hydrogens is 225 g/mol. The van der Waals surface area contributed by atoms with Gasteiger partial charge in [0.1, 0.15) is 11.8 Å². The van der Waals surface area contributed by atoms with Gasteiger partial charge in [0, 0.05) is 6.61 Å². The van der Waals surface area contributed by atoms with Crippen LogP contribution >= 0.6 is 7.60 Å². The van der Waals surface area contributed by atoms with Crippen LogP contribution in [0.15, 0.2) is 12.7 Å². The molecule has 0 heterocycles. The summed E-state index contributed by atoms with van der Waals surface area (Å²) in [6.45, 7) is 2.80. The molecule has 0 spiro atoms. The number of carboxylic acid groups (broad SMARTS) is 1. The average molecular weight is 239 g/mol. The van der Waals surface area contributed by atoms with Gasteiger partial charge in [-0.25, -0.2) is 0 Å². The lowest BCUT2D eigenvalue weighted by Gasteiger charge is -2.20. The fraction of sp³-hybridized carbons (Fsp3) is 0.571. The first-order valence-electron chi connectivity index (χ1n) is 4.10. The van der Waals surface area contributed by atoms with Crippen molar-refractivity contribution in [1.29, 1.82) is 0 Å². The number of carboxylic acids is 1. The van der Waals surface area contributed by atoms with Crippen LogP contribution in [-0.4, -0.2) is 44.4 Å². The van der Waals surface area contributed by atoms with Crippen molar-refractivity contribution >= 4 is 13.6 Å². The van der Waals surface area contributed by atoms with E-state index in [4.69, 9.17) is 20.0 Å². The Kier molecular flexibility index (Phi) is 5.71. The van der Waals surface area contributed by atoms with Crippen molar-refractivity contribution in [3.05, 3.63) is 12.7 Å². The maximum Gasteiger partial charge on any atom is 0.346 e. The summed E-state index contributed by atoms with van der Waals surface area (Å²) in [5.41, 5.74) is 0. The lowest BCUT2D eigenvalue weighted by atomic mass is 10.2. The summed E-state index contributed by atoms with van der Waals surface area (Å²) in [4.78, 5) is 28.2. The van der Waals surface area contributed by atoms with Crippen LogP contribution in [0.4, 0.5) is 0 Å². The molecule has 0 aromatic carbocycles. The zero-order valence-electron chi connectivity index (χ0n) is 7.91. The van der Waals surface area contributed by atoms with Crippen LogP contribution in [0.5, 0.6) is 0 Å². The Morgan fingerprint density at radius 3 is 2.33 bits per heavy atom. The zero-order chi connectivity index (χ0) is 12.1. The molecule has 7 nitrogen and oxygen atoms in total. The first kappa shape index (κ1) is 14.3. The molecule has 0 saturated carbocycles. The number of carbonyl (C=O) groups is 1. The highest BCUT2D eigenvalue weighted by Gasteiger charge is 2.30. The maximum absolute atomic E-state index is 10.8. The Balaban J connectivity index is 4.56. The molecule has 0 aliphatic carbocycles. The third-order valence-electron chi connectivity index (χ3n) is 1.67. The maximum atomic E-state index is 10.8. The van der Waals surface area contributed by atoms with Crippen LogP contribution in [0.2, 0.25) is 0 Å². The minimum atomic E-state index is -4.47. The van der Waals surface area contributed by atoms with E-state index in [9.17, 15) is 9.36 Å². The number of rotatable bonds is 7. The van der Waals surface area contributed by atoms with Crippen LogP contribution in [0.3, 0.4) is 0 Å². The van der Waals surface area contributed by atoms with Crippen molar-refractivity contribution in [2.75, 3.05) is 6.61 Å². The Morgan fingerprint density at radius 1 is 1.53 bits per heavy atom. The molecule has 0 amide bonds. The quantitative estimate of drug-likeness (QED) is 0.288. The standard InChI is InChI=1S/C7H14NO6P/c1-2-6(15(12,13)14)8-5(3-4-9)7(10)11/h2,5-6,8-9H,1,3-4H2,(H,10,11)(H2,12,13,14). The van der Waals surface area contributed by atoms with Gasteiger partial charge in [-0.1, -0.05) is 6.08 Å². The van der Waals surface area contributed by atoms with Gasteiger partial charge in [-0.15, -0.1) is 6.58 Å². The van der Waals surface area contributed by atoms with Crippen LogP contribution in [-0.2, 0) is 9.36 Å². The molecule has 8 heteroatoms. The van der Waals surface area contributed by atoms with E-state index < -0.39 is 32.0 Å². The molecular formula is C7H14NO6P. The molecule has 0 aliphatic rings. The predicted molar refractivity (Wildman–Crippen MR) is 52.3 cm³/mol. The molecule has 0 rings (SSSR count). The third-order valence-corrected chi connectivity index (χ3v) is 2.76. The first-order chi connectivity index (χ1) is 6.82. The number of hydrogen-bond donors (Lipinski definition) is 5. The van der Waals surface area contributed by atoms with Gasteiger partial charge in [0.25, 0.3) is 0 Å². The molecule has 0 aromatic rings. The fourth-order valence-corrected chi connectivity index (χ4v) is 1.56. The minimum absolute atomic E-state index is 0.139. The molecule has 5 N–H and O–H groups in total. The highest BCUT2D eigenvalue weighted by molar-refractivity contribution is 7.52. The lowest BCUT2D eigenvalue weighted by Crippen LogP contribution is -2.42. The molecule has 0 saturated heterocycles. The Hall–Kier alpha value is -0.720. The van der Waals surface area contributed by atoms with Gasteiger partial charge < -0.3 is 20.0 Å². The summed E-state index contributed by atoms with van der Waals surface area (Å²) in [6, 6.07) is -1.22. The van der Waals surface area contributed by atoms with E-state index in [-0.39, 0.29) is 6.42 Å². The van der Waals surface area contributed by atoms with E-state index in [0.29, 0.717) is 0 Å². The molecule has 15 heavy (non-hydrogen) atoms. The normalized spacial score (nSPS) is 15.7. The second-order valence-electron chi connectivity index (χ2n) is 2.84. The van der Waals surface area contributed by atoms with Crippen LogP contribution in [0.1, 0.15) is 6.42 Å². The summed E-state index contributed by atoms with van der Waals surface area (Å²) >= 11 is 0. The van der Waals surface area contributed by atoms with E-state index in [0.717, 1.165) is 6.08 Å². The van der Waals surface area contributed by atoms with Crippen molar-refractivity contribution in [1.82, 2.24) is 5.32 Å². The summed E-state index contributed by atoms with van der Waals surface area (Å²) in [6.07, 6.45) is 0.799. The van der Waals surface area contributed by atoms with Crippen LogP contribution < -0.4 is 5.32 Å². The van der Waals surface area contributed by atoms with E-state index >= 15 is 0 Å². The molecule has 0 aromatic heterocycles. The summed E-state index contributed by atoms with van der Waals surface area (Å²) in [5, 5.41) is 19.4. The van der Waals surface area contributed by atoms with E-state index in [1.54, 1.807) is 0 Å². The van der Waals surface area contributed by atoms with Crippen molar-refractivity contribution in [2.45, 2.75) is 18.2 Å². The monoisotopic (exact) mass is 239 g/mol. The number of hydrogen-bond acceptors (Lipinski definition) is 4. The zero-order valence-corrected chi connectivity index (χ0v) is 8.80. The van der Waals surface area contributed by atoms with Gasteiger partial charge in [-0.2, -0.15) is 0 Å². The molecule has 2 atom stereocenters. The summed E-state index contributed by atoms with van der Waals surface area (Å²) < 4.78 is 10.8. The van der Waals surface area contributed by atoms with Gasteiger partial charge in [0.05, 0.1) is 0 Å². The second-order valence-corrected chi connectivity index (χ2v) is 4.57. The first-order valence-corrected chi connectivity index (χ1v) is 5.78. The number of aliphatic carboxylic acids is 1. The van der Waals surface area contributed by atoms with Gasteiger partial charge in [-0.3, -0.25) is 14.7 Å². The molecule has 88 valence electrons. The van der Waals surface area contributed by atoms with E-state index in [1.165, 1.54) is 0 Å². The van der Waals surface area contributed by atoms with Gasteiger partial charge >= 0.3 is 13.6 Å². The molecule has 0 bridgehead atoms. The Labute approximate surface area is 86.6 Å². The van der Waals surface area contributed by atoms with Gasteiger partial charge in [0.15, 0.2) is 0 Å². The highest BCUT2D eigenvalue weighted by atomic mass is 31.2. The van der Waals surface area contributed by atoms with Gasteiger partial charge in [0.2, 0.25) is 0 Å². The van der Waals surface area contributed by atoms with Crippen molar-refractivity contribution in [3.63, 3.8) is 0 Å². The largest absolute Gasteiger partial charge is 0.480 e. The summed E-state index contributed by atoms with van der Waals surface area (Å²) in [5.74, 6) is -2.71. The smallest absolute Gasteiger partial charge is 0.346 e. The van der Waals surface area contributed by atoms with E-state index in [2.05, 4.69) is 11.9 Å². The van der Waals surface area contributed by atoms with Crippen molar-refractivity contribution in [2.24, 2.45) is 0 Å². The third kappa shape index (κ3) is 5.06. The van der Waals surface area contributed by atoms with Crippen LogP contribution in [0, 0.1) is 0 Å². The van der Waals surface area contributed by atoms with Crippen molar-refractivity contribution in [3.8, 4) is 0 Å². The second kappa shape index (κ2) is 5.99. The predicted octanol–water partition coefficient (Wildman–Crippen LogP) is -0.899. The summed E-state index contributed by atoms with van der Waals surface area (Å²) in [7, 11) is -4.47. The minimum Gasteiger partial charge on any atom is -0.480 e. The topological polar surface area (TPSA) is 127 Å². The fourth-order valence-electron chi connectivity index (χ4n) is 0.916. The Morgan fingerprint density at radius 2 is 2.07 bits per heavy atom. The number of aliphatic hydroxyl groups is 1.